The third kappa shape index (κ3) is 25.6. The summed E-state index contributed by atoms with van der Waals surface area (Å²) in [5, 5.41) is 13.3. The van der Waals surface area contributed by atoms with E-state index in [1.807, 2.05) is 53.1 Å². The van der Waals surface area contributed by atoms with Gasteiger partial charge in [0.2, 0.25) is 0 Å². The van der Waals surface area contributed by atoms with Crippen molar-refractivity contribution in [3.8, 4) is 0 Å². The number of thiol groups is 1. The van der Waals surface area contributed by atoms with E-state index in [0.29, 0.717) is 11.6 Å². The van der Waals surface area contributed by atoms with Crippen LogP contribution in [-0.2, 0) is 26.9 Å². The fourth-order valence-corrected chi connectivity index (χ4v) is 4.60. The van der Waals surface area contributed by atoms with Crippen LogP contribution in [0, 0.1) is 0 Å². The Morgan fingerprint density at radius 2 is 1.40 bits per heavy atom. The first-order valence-electron chi connectivity index (χ1n) is 15.7. The number of carbonyl (C=O) groups is 2. The number of thioether (sulfide) groups is 1. The normalized spacial score (nSPS) is 12.4. The monoisotopic (exact) mass is 716 g/mol. The molecular formula is C33H57N4O7PS2. The Morgan fingerprint density at radius 1 is 0.894 bits per heavy atom. The molecule has 2 atom stereocenters. The number of ether oxygens (including phenoxy) is 1. The zero-order valence-electron chi connectivity index (χ0n) is 29.1. The van der Waals surface area contributed by atoms with Crippen LogP contribution in [0.2, 0.25) is 0 Å². The highest BCUT2D eigenvalue weighted by molar-refractivity contribution is 8.13. The lowest BCUT2D eigenvalue weighted by Gasteiger charge is -2.22. The third-order valence-corrected chi connectivity index (χ3v) is 7.57. The molecule has 7 N–H and O–H groups in total. The van der Waals surface area contributed by atoms with Gasteiger partial charge in [-0.2, -0.15) is 12.6 Å². The third-order valence-electron chi connectivity index (χ3n) is 6.36. The molecule has 0 bridgehead atoms. The van der Waals surface area contributed by atoms with E-state index in [2.05, 4.69) is 72.0 Å². The summed E-state index contributed by atoms with van der Waals surface area (Å²) in [5.41, 5.74) is 4.50. The van der Waals surface area contributed by atoms with E-state index in [9.17, 15) is 9.59 Å². The molecule has 268 valence electrons. The van der Waals surface area contributed by atoms with Gasteiger partial charge in [-0.25, -0.2) is 9.36 Å². The molecule has 0 fully saturated rings. The van der Waals surface area contributed by atoms with Crippen molar-refractivity contribution in [1.29, 1.82) is 0 Å². The molecule has 0 saturated heterocycles. The van der Waals surface area contributed by atoms with Gasteiger partial charge in [0.1, 0.15) is 5.60 Å². The van der Waals surface area contributed by atoms with Crippen molar-refractivity contribution in [1.82, 2.24) is 10.6 Å². The van der Waals surface area contributed by atoms with Gasteiger partial charge in [-0.05, 0) is 116 Å². The number of benzene rings is 2. The summed E-state index contributed by atoms with van der Waals surface area (Å²) in [6, 6.07) is 15.3. The van der Waals surface area contributed by atoms with Crippen molar-refractivity contribution in [3.63, 3.8) is 0 Å². The van der Waals surface area contributed by atoms with Crippen molar-refractivity contribution < 1.29 is 33.6 Å². The summed E-state index contributed by atoms with van der Waals surface area (Å²) >= 11 is 5.52. The summed E-state index contributed by atoms with van der Waals surface area (Å²) in [6.45, 7) is 13.2. The molecule has 0 aliphatic rings. The molecule has 14 heteroatoms. The Balaban J connectivity index is 0.000000851. The van der Waals surface area contributed by atoms with Gasteiger partial charge in [-0.15, -0.1) is 0 Å². The van der Waals surface area contributed by atoms with E-state index in [0.717, 1.165) is 61.5 Å². The summed E-state index contributed by atoms with van der Waals surface area (Å²) in [5.74, 6) is 1.43. The zero-order chi connectivity index (χ0) is 36.0. The molecular weight excluding hydrogens is 659 g/mol. The van der Waals surface area contributed by atoms with Crippen molar-refractivity contribution in [2.45, 2.75) is 84.9 Å². The van der Waals surface area contributed by atoms with Gasteiger partial charge in [0.25, 0.3) is 0 Å². The Bertz CT molecular complexity index is 1220. The first-order valence-corrected chi connectivity index (χ1v) is 18.9. The topological polar surface area (TPSA) is 169 Å². The molecule has 11 nitrogen and oxygen atoms in total. The molecule has 0 aliphatic heterocycles. The second kappa shape index (κ2) is 24.1. The molecule has 2 aromatic rings. The van der Waals surface area contributed by atoms with E-state index < -0.39 is 13.4 Å². The van der Waals surface area contributed by atoms with Crippen LogP contribution in [0.5, 0.6) is 0 Å². The molecule has 0 amide bonds. The van der Waals surface area contributed by atoms with E-state index in [-0.39, 0.29) is 17.1 Å². The number of hydrogen-bond donors (Lipinski definition) is 8. The fraction of sp³-hybridized carbons (Fsp3) is 0.576. The van der Waals surface area contributed by atoms with Crippen molar-refractivity contribution in [2.24, 2.45) is 0 Å². The van der Waals surface area contributed by atoms with Crippen LogP contribution in [0.15, 0.2) is 42.5 Å². The van der Waals surface area contributed by atoms with E-state index in [1.54, 1.807) is 6.92 Å². The SMILES string of the molecule is CNC(C)Cc1ccc(NCCCS)cc1.CNC(C)Cc1ccc(NCCCSC(C)=O)cc1C(=O)OC(C)(C)C.O=P(O)(O)O. The number of esters is 1. The molecule has 0 saturated carbocycles. The quantitative estimate of drug-likeness (QED) is 0.0475. The zero-order valence-corrected chi connectivity index (χ0v) is 31.7. The van der Waals surface area contributed by atoms with Crippen LogP contribution in [0.4, 0.5) is 11.4 Å². The molecule has 47 heavy (non-hydrogen) atoms. The molecule has 0 spiro atoms. The Morgan fingerprint density at radius 3 is 1.91 bits per heavy atom. The number of nitrogens with one attached hydrogen (secondary N) is 4. The van der Waals surface area contributed by atoms with Gasteiger partial charge >= 0.3 is 13.8 Å². The molecule has 0 heterocycles. The van der Waals surface area contributed by atoms with Crippen molar-refractivity contribution in [2.75, 3.05) is 49.3 Å². The molecule has 2 rings (SSSR count). The highest BCUT2D eigenvalue weighted by Crippen LogP contribution is 2.26. The maximum atomic E-state index is 12.6. The number of anilines is 2. The van der Waals surface area contributed by atoms with Crippen molar-refractivity contribution in [3.05, 3.63) is 59.2 Å². The Labute approximate surface area is 291 Å². The predicted octanol–water partition coefficient (Wildman–Crippen LogP) is 5.51. The first kappa shape index (κ1) is 44.9. The van der Waals surface area contributed by atoms with Gasteiger partial charge in [0.15, 0.2) is 5.12 Å². The number of likely N-dealkylation sites (N-methyl/N-ethyl adjacent to an activating group) is 2. The number of rotatable bonds is 16. The largest absolute Gasteiger partial charge is 0.466 e. The van der Waals surface area contributed by atoms with Crippen LogP contribution in [0.25, 0.3) is 0 Å². The highest BCUT2D eigenvalue weighted by atomic mass is 32.2. The van der Waals surface area contributed by atoms with E-state index in [1.165, 1.54) is 23.0 Å². The summed E-state index contributed by atoms with van der Waals surface area (Å²) in [6.07, 6.45) is 3.81. The second-order valence-corrected chi connectivity index (χ2v) is 14.7. The van der Waals surface area contributed by atoms with Crippen LogP contribution >= 0.6 is 32.2 Å². The van der Waals surface area contributed by atoms with E-state index >= 15 is 0 Å². The predicted molar refractivity (Wildman–Crippen MR) is 200 cm³/mol. The van der Waals surface area contributed by atoms with Gasteiger partial charge < -0.3 is 40.7 Å². The van der Waals surface area contributed by atoms with E-state index in [4.69, 9.17) is 24.0 Å². The summed E-state index contributed by atoms with van der Waals surface area (Å²) in [4.78, 5) is 45.2. The molecule has 2 unspecified atom stereocenters. The van der Waals surface area contributed by atoms with Gasteiger partial charge in [0.05, 0.1) is 5.56 Å². The average molecular weight is 717 g/mol. The first-order chi connectivity index (χ1) is 21.9. The Hall–Kier alpha value is -2.09. The molecule has 0 aliphatic carbocycles. The van der Waals surface area contributed by atoms with Gasteiger partial charge in [0, 0.05) is 49.2 Å². The second-order valence-electron chi connectivity index (χ2n) is 12.0. The summed E-state index contributed by atoms with van der Waals surface area (Å²) < 4.78 is 14.5. The standard InChI is InChI=1S/C20H32N2O3S.C13H22N2S.H3O4P/c1-14(21-6)12-16-8-9-17(22-10-7-11-26-15(2)23)13-18(16)19(24)25-20(3,4)5;1-11(14-2)10-12-4-6-13(7-5-12)15-8-3-9-16;1-5(2,3)4/h8-9,13-14,21-22H,7,10-12H2,1-6H3;4-7,11,14-16H,3,8-10H2,1-2H3;(H3,1,2,3,4). The number of hydrogen-bond acceptors (Lipinski definition) is 10. The molecule has 2 aromatic carbocycles. The highest BCUT2D eigenvalue weighted by Gasteiger charge is 2.21. The van der Waals surface area contributed by atoms with Crippen LogP contribution < -0.4 is 21.3 Å². The fourth-order valence-electron chi connectivity index (χ4n) is 3.87. The van der Waals surface area contributed by atoms with Crippen molar-refractivity contribution >= 4 is 54.7 Å². The minimum atomic E-state index is -4.64. The average Bonchev–Trinajstić information content (AvgIpc) is 2.97. The number of phosphoric acid groups is 1. The lowest BCUT2D eigenvalue weighted by Crippen LogP contribution is -2.27. The maximum Gasteiger partial charge on any atom is 0.466 e. The lowest BCUT2D eigenvalue weighted by atomic mass is 10.00. The minimum Gasteiger partial charge on any atom is -0.456 e. The molecule has 0 aromatic heterocycles. The lowest BCUT2D eigenvalue weighted by molar-refractivity contribution is -0.109. The van der Waals surface area contributed by atoms with Crippen LogP contribution in [0.3, 0.4) is 0 Å². The number of carbonyl (C=O) groups excluding carboxylic acids is 2. The van der Waals surface area contributed by atoms with Crippen LogP contribution in [-0.4, -0.2) is 82.1 Å². The smallest absolute Gasteiger partial charge is 0.456 e. The van der Waals surface area contributed by atoms with Gasteiger partial charge in [-0.3, -0.25) is 4.79 Å². The summed E-state index contributed by atoms with van der Waals surface area (Å²) in [7, 11) is -0.731. The minimum absolute atomic E-state index is 0.139. The maximum absolute atomic E-state index is 12.6. The van der Waals surface area contributed by atoms with Gasteiger partial charge in [-0.1, -0.05) is 30.0 Å². The molecule has 0 radical (unpaired) electrons. The van der Waals surface area contributed by atoms with Crippen LogP contribution in [0.1, 0.15) is 75.9 Å². The Kier molecular flexibility index (Phi) is 23.0.